The summed E-state index contributed by atoms with van der Waals surface area (Å²) in [5.41, 5.74) is 6.00. The molecule has 0 aliphatic rings. The van der Waals surface area contributed by atoms with E-state index in [1.807, 2.05) is 0 Å². The van der Waals surface area contributed by atoms with E-state index < -0.39 is 0 Å². The van der Waals surface area contributed by atoms with Gasteiger partial charge in [-0.05, 0) is 39.8 Å². The number of pyridine rings is 1. The van der Waals surface area contributed by atoms with Gasteiger partial charge < -0.3 is 11.1 Å². The van der Waals surface area contributed by atoms with Gasteiger partial charge in [0.15, 0.2) is 0 Å². The number of nitrogens with two attached hydrogens (primary N) is 1. The smallest absolute Gasteiger partial charge is 0.251 e. The lowest BCUT2D eigenvalue weighted by Gasteiger charge is -2.30. The number of rotatable bonds is 6. The second-order valence-corrected chi connectivity index (χ2v) is 5.67. The number of carbonyl (C=O) groups excluding carboxylic acids is 1. The van der Waals surface area contributed by atoms with Gasteiger partial charge in [-0.2, -0.15) is 0 Å². The van der Waals surface area contributed by atoms with E-state index in [-0.39, 0.29) is 16.9 Å². The molecule has 0 atom stereocenters. The maximum Gasteiger partial charge on any atom is 0.251 e. The van der Waals surface area contributed by atoms with E-state index in [4.69, 9.17) is 17.3 Å². The van der Waals surface area contributed by atoms with Gasteiger partial charge in [-0.3, -0.25) is 9.69 Å². The van der Waals surface area contributed by atoms with Gasteiger partial charge in [-0.15, -0.1) is 0 Å². The van der Waals surface area contributed by atoms with Crippen molar-refractivity contribution in [2.75, 3.05) is 18.8 Å². The van der Waals surface area contributed by atoms with E-state index in [0.29, 0.717) is 24.2 Å². The molecular weight excluding hydrogens is 276 g/mol. The number of halogens is 1. The van der Waals surface area contributed by atoms with Crippen LogP contribution in [0.15, 0.2) is 12.1 Å². The zero-order chi connectivity index (χ0) is 15.3. The molecule has 5 nitrogen and oxygen atoms in total. The van der Waals surface area contributed by atoms with E-state index >= 15 is 0 Å². The highest BCUT2D eigenvalue weighted by molar-refractivity contribution is 6.29. The Morgan fingerprint density at radius 3 is 2.45 bits per heavy atom. The van der Waals surface area contributed by atoms with E-state index in [1.165, 1.54) is 12.1 Å². The summed E-state index contributed by atoms with van der Waals surface area (Å²) in [5, 5.41) is 3.09. The van der Waals surface area contributed by atoms with Crippen molar-refractivity contribution in [2.45, 2.75) is 39.8 Å². The van der Waals surface area contributed by atoms with Crippen LogP contribution in [0.2, 0.25) is 5.15 Å². The summed E-state index contributed by atoms with van der Waals surface area (Å²) in [6.45, 7) is 9.96. The van der Waals surface area contributed by atoms with Gasteiger partial charge in [0, 0.05) is 30.7 Å². The Labute approximate surface area is 125 Å². The molecule has 0 radical (unpaired) electrons. The van der Waals surface area contributed by atoms with Crippen LogP contribution in [0.4, 0.5) is 5.82 Å². The predicted octanol–water partition coefficient (Wildman–Crippen LogP) is 2.17. The van der Waals surface area contributed by atoms with Crippen molar-refractivity contribution >= 4 is 23.3 Å². The number of amides is 1. The van der Waals surface area contributed by atoms with Crippen molar-refractivity contribution in [2.24, 2.45) is 0 Å². The lowest BCUT2D eigenvalue weighted by Crippen LogP contribution is -2.42. The van der Waals surface area contributed by atoms with Gasteiger partial charge in [0.05, 0.1) is 0 Å². The molecule has 20 heavy (non-hydrogen) atoms. The summed E-state index contributed by atoms with van der Waals surface area (Å²) < 4.78 is 0. The van der Waals surface area contributed by atoms with Crippen LogP contribution in [0.1, 0.15) is 38.1 Å². The molecule has 6 heteroatoms. The third-order valence-electron chi connectivity index (χ3n) is 3.06. The summed E-state index contributed by atoms with van der Waals surface area (Å²) in [6, 6.07) is 3.91. The van der Waals surface area contributed by atoms with Crippen molar-refractivity contribution in [1.82, 2.24) is 15.2 Å². The number of nitrogens with one attached hydrogen (secondary N) is 1. The van der Waals surface area contributed by atoms with Gasteiger partial charge in [0.25, 0.3) is 5.91 Å². The minimum atomic E-state index is -0.187. The van der Waals surface area contributed by atoms with E-state index in [2.05, 4.69) is 42.9 Å². The number of hydrogen-bond acceptors (Lipinski definition) is 4. The van der Waals surface area contributed by atoms with E-state index in [0.717, 1.165) is 6.54 Å². The zero-order valence-electron chi connectivity index (χ0n) is 12.5. The Bertz CT molecular complexity index is 434. The first-order valence-corrected chi connectivity index (χ1v) is 7.16. The summed E-state index contributed by atoms with van der Waals surface area (Å²) in [5.74, 6) is 0.0575. The Morgan fingerprint density at radius 1 is 1.35 bits per heavy atom. The summed E-state index contributed by atoms with van der Waals surface area (Å²) in [4.78, 5) is 18.1. The number of anilines is 1. The molecule has 0 saturated heterocycles. The fourth-order valence-corrected chi connectivity index (χ4v) is 2.38. The first kappa shape index (κ1) is 16.7. The van der Waals surface area contributed by atoms with Crippen molar-refractivity contribution in [3.8, 4) is 0 Å². The van der Waals surface area contributed by atoms with Gasteiger partial charge in [0.2, 0.25) is 0 Å². The van der Waals surface area contributed by atoms with Crippen LogP contribution in [0, 0.1) is 0 Å². The summed E-state index contributed by atoms with van der Waals surface area (Å²) in [7, 11) is 0. The maximum atomic E-state index is 12.0. The van der Waals surface area contributed by atoms with Crippen LogP contribution in [0.3, 0.4) is 0 Å². The van der Waals surface area contributed by atoms with Gasteiger partial charge in [-0.1, -0.05) is 11.6 Å². The molecule has 112 valence electrons. The Kier molecular flexibility index (Phi) is 6.23. The quantitative estimate of drug-likeness (QED) is 0.790. The molecule has 1 aromatic rings. The Morgan fingerprint density at radius 2 is 1.95 bits per heavy atom. The number of hydrogen-bond donors (Lipinski definition) is 2. The number of nitrogens with zero attached hydrogens (tertiary/aromatic N) is 2. The highest BCUT2D eigenvalue weighted by Gasteiger charge is 2.14. The molecule has 0 aliphatic carbocycles. The van der Waals surface area contributed by atoms with Gasteiger partial charge in [0.1, 0.15) is 11.0 Å². The summed E-state index contributed by atoms with van der Waals surface area (Å²) in [6.07, 6.45) is 0. The lowest BCUT2D eigenvalue weighted by atomic mass is 10.2. The van der Waals surface area contributed by atoms with E-state index in [1.54, 1.807) is 0 Å². The number of carbonyl (C=O) groups is 1. The third kappa shape index (κ3) is 4.98. The molecule has 0 saturated carbocycles. The molecule has 1 heterocycles. The molecular formula is C14H23ClN4O. The van der Waals surface area contributed by atoms with Crippen LogP contribution in [-0.4, -0.2) is 41.0 Å². The molecule has 0 spiro atoms. The summed E-state index contributed by atoms with van der Waals surface area (Å²) >= 11 is 5.78. The number of aromatic nitrogens is 1. The van der Waals surface area contributed by atoms with Crippen LogP contribution in [0.25, 0.3) is 0 Å². The largest absolute Gasteiger partial charge is 0.384 e. The van der Waals surface area contributed by atoms with Crippen molar-refractivity contribution < 1.29 is 4.79 Å². The fourth-order valence-electron chi connectivity index (χ4n) is 2.16. The molecule has 1 aromatic heterocycles. The maximum absolute atomic E-state index is 12.0. The zero-order valence-corrected chi connectivity index (χ0v) is 13.2. The van der Waals surface area contributed by atoms with Crippen LogP contribution in [-0.2, 0) is 0 Å². The first-order chi connectivity index (χ1) is 9.31. The standard InChI is InChI=1S/C14H23ClN4O/c1-9(2)19(10(3)4)6-5-17-14(20)11-7-12(15)18-13(16)8-11/h7-10H,5-6H2,1-4H3,(H2,16,18)(H,17,20). The lowest BCUT2D eigenvalue weighted by molar-refractivity contribution is 0.0939. The number of nitrogen functional groups attached to an aromatic ring is 1. The predicted molar refractivity (Wildman–Crippen MR) is 83.0 cm³/mol. The average molecular weight is 299 g/mol. The second kappa shape index (κ2) is 7.45. The van der Waals surface area contributed by atoms with Crippen LogP contribution >= 0.6 is 11.6 Å². The molecule has 1 rings (SSSR count). The normalized spacial score (nSPS) is 11.4. The van der Waals surface area contributed by atoms with E-state index in [9.17, 15) is 4.79 Å². The van der Waals surface area contributed by atoms with Crippen molar-refractivity contribution in [1.29, 1.82) is 0 Å². The molecule has 0 fully saturated rings. The van der Waals surface area contributed by atoms with Gasteiger partial charge in [-0.25, -0.2) is 4.98 Å². The Hall–Kier alpha value is -1.33. The highest BCUT2D eigenvalue weighted by Crippen LogP contribution is 2.12. The first-order valence-electron chi connectivity index (χ1n) is 6.78. The minimum Gasteiger partial charge on any atom is -0.384 e. The average Bonchev–Trinajstić information content (AvgIpc) is 2.32. The molecule has 0 aliphatic heterocycles. The van der Waals surface area contributed by atoms with Gasteiger partial charge >= 0.3 is 0 Å². The Balaban J connectivity index is 2.55. The monoisotopic (exact) mass is 298 g/mol. The SMILES string of the molecule is CC(C)N(CCNC(=O)c1cc(N)nc(Cl)c1)C(C)C. The molecule has 3 N–H and O–H groups in total. The highest BCUT2D eigenvalue weighted by atomic mass is 35.5. The molecule has 0 bridgehead atoms. The molecule has 0 aromatic carbocycles. The molecule has 0 unspecified atom stereocenters. The van der Waals surface area contributed by atoms with Crippen molar-refractivity contribution in [3.63, 3.8) is 0 Å². The second-order valence-electron chi connectivity index (χ2n) is 5.28. The van der Waals surface area contributed by atoms with Crippen LogP contribution in [0.5, 0.6) is 0 Å². The minimum absolute atomic E-state index is 0.187. The molecule has 1 amide bonds. The topological polar surface area (TPSA) is 71.2 Å². The fraction of sp³-hybridized carbons (Fsp3) is 0.571. The van der Waals surface area contributed by atoms with Crippen LogP contribution < -0.4 is 11.1 Å². The third-order valence-corrected chi connectivity index (χ3v) is 3.25. The van der Waals surface area contributed by atoms with Crippen molar-refractivity contribution in [3.05, 3.63) is 22.8 Å².